The molecule has 2 aromatic carbocycles. The second-order valence-corrected chi connectivity index (χ2v) is 18.4. The lowest BCUT2D eigenvalue weighted by Crippen LogP contribution is -2.60. The normalized spacial score (nSPS) is 19.2. The summed E-state index contributed by atoms with van der Waals surface area (Å²) in [4.78, 5) is 0. The van der Waals surface area contributed by atoms with Gasteiger partial charge in [-0.2, -0.15) is 21.6 Å². The largest absolute Gasteiger partial charge is 0.534 e. The minimum absolute atomic E-state index is 0.0189. The molecule has 0 aliphatic carbocycles. The Morgan fingerprint density at radius 3 is 1.39 bits per heavy atom. The fourth-order valence-electron chi connectivity index (χ4n) is 7.66. The highest BCUT2D eigenvalue weighted by Crippen LogP contribution is 2.34. The molecule has 0 unspecified atom stereocenters. The van der Waals surface area contributed by atoms with Crippen LogP contribution in [0.4, 0.5) is 22.0 Å². The van der Waals surface area contributed by atoms with Crippen molar-refractivity contribution in [2.75, 3.05) is 0 Å². The summed E-state index contributed by atoms with van der Waals surface area (Å²) < 4.78 is 104. The molecule has 2 aliphatic rings. The molecule has 0 radical (unpaired) electrons. The number of aromatic hydroxyl groups is 1. The van der Waals surface area contributed by atoms with Gasteiger partial charge in [0.2, 0.25) is 11.8 Å². The summed E-state index contributed by atoms with van der Waals surface area (Å²) in [7, 11) is -5.90. The van der Waals surface area contributed by atoms with E-state index < -0.39 is 33.0 Å². The number of benzene rings is 2. The third kappa shape index (κ3) is 11.7. The lowest BCUT2D eigenvalue weighted by Gasteiger charge is -2.46. The van der Waals surface area contributed by atoms with E-state index in [4.69, 9.17) is 9.47 Å². The SMILES string of the molecule is CC1(C)CC(Oc2ccc(-c3ccc(O)cc3F)nn2)CC(C)(C)N1.CC1(C)CC(Oc2ccc(-c3ccc(OS(=O)(=O)C(F)(F)F)cc3F)nn2)CC(C)(C)N1. The van der Waals surface area contributed by atoms with Crippen molar-refractivity contribution in [2.45, 2.75) is 121 Å². The Morgan fingerprint density at radius 1 is 0.632 bits per heavy atom. The number of piperidine rings is 2. The zero-order valence-corrected chi connectivity index (χ0v) is 33.6. The van der Waals surface area contributed by atoms with Crippen molar-refractivity contribution in [1.82, 2.24) is 31.0 Å². The fourth-order valence-corrected chi connectivity index (χ4v) is 8.11. The summed E-state index contributed by atoms with van der Waals surface area (Å²) in [6, 6.07) is 12.8. The maximum atomic E-state index is 14.4. The zero-order chi connectivity index (χ0) is 42.2. The molecule has 3 N–H and O–H groups in total. The highest BCUT2D eigenvalue weighted by molar-refractivity contribution is 7.88. The number of hydrogen-bond acceptors (Lipinski definition) is 12. The summed E-state index contributed by atoms with van der Waals surface area (Å²) in [5.74, 6) is -1.81. The van der Waals surface area contributed by atoms with E-state index in [9.17, 15) is 35.5 Å². The van der Waals surface area contributed by atoms with Gasteiger partial charge in [-0.25, -0.2) is 8.78 Å². The minimum Gasteiger partial charge on any atom is -0.508 e. The number of phenolic OH excluding ortho intramolecular Hbond substituents is 1. The average Bonchev–Trinajstić information content (AvgIpc) is 3.03. The lowest BCUT2D eigenvalue weighted by molar-refractivity contribution is -0.0500. The van der Waals surface area contributed by atoms with E-state index in [1.165, 1.54) is 24.3 Å². The second-order valence-electron chi connectivity index (χ2n) is 16.9. The Balaban J connectivity index is 0.000000224. The first-order valence-electron chi connectivity index (χ1n) is 18.1. The molecule has 0 spiro atoms. The molecule has 310 valence electrons. The third-order valence-electron chi connectivity index (χ3n) is 9.09. The van der Waals surface area contributed by atoms with Crippen LogP contribution in [0.5, 0.6) is 23.3 Å². The van der Waals surface area contributed by atoms with Crippen LogP contribution in [0.1, 0.15) is 81.1 Å². The Labute approximate surface area is 328 Å². The van der Waals surface area contributed by atoms with Gasteiger partial charge in [0.25, 0.3) is 0 Å². The van der Waals surface area contributed by atoms with Gasteiger partial charge in [0, 0.05) is 83.2 Å². The molecular weight excluding hydrogens is 776 g/mol. The van der Waals surface area contributed by atoms with Crippen LogP contribution in [0.25, 0.3) is 22.5 Å². The van der Waals surface area contributed by atoms with E-state index >= 15 is 0 Å². The smallest absolute Gasteiger partial charge is 0.508 e. The van der Waals surface area contributed by atoms with Gasteiger partial charge < -0.3 is 29.4 Å². The van der Waals surface area contributed by atoms with Crippen LogP contribution < -0.4 is 24.3 Å². The molecule has 2 saturated heterocycles. The molecule has 18 heteroatoms. The monoisotopic (exact) mass is 822 g/mol. The van der Waals surface area contributed by atoms with E-state index in [1.54, 1.807) is 12.1 Å². The number of phenols is 1. The Bertz CT molecular complexity index is 2120. The predicted octanol–water partition coefficient (Wildman–Crippen LogP) is 7.88. The first kappa shape index (κ1) is 43.4. The van der Waals surface area contributed by atoms with Crippen molar-refractivity contribution in [3.05, 3.63) is 72.3 Å². The first-order chi connectivity index (χ1) is 26.2. The van der Waals surface area contributed by atoms with Crippen LogP contribution in [0, 0.1) is 11.6 Å². The highest BCUT2D eigenvalue weighted by Gasteiger charge is 2.48. The summed E-state index contributed by atoms with van der Waals surface area (Å²) in [6.45, 7) is 17.0. The summed E-state index contributed by atoms with van der Waals surface area (Å²) in [6.07, 6.45) is 3.16. The molecule has 0 saturated carbocycles. The van der Waals surface area contributed by atoms with Crippen LogP contribution in [0.15, 0.2) is 60.7 Å². The molecule has 0 amide bonds. The van der Waals surface area contributed by atoms with Crippen molar-refractivity contribution < 1.29 is 49.1 Å². The lowest BCUT2D eigenvalue weighted by atomic mass is 9.81. The number of halogens is 5. The van der Waals surface area contributed by atoms with Crippen molar-refractivity contribution in [2.24, 2.45) is 0 Å². The molecule has 4 heterocycles. The van der Waals surface area contributed by atoms with Gasteiger partial charge in [-0.1, -0.05) is 0 Å². The second kappa shape index (κ2) is 15.9. The summed E-state index contributed by atoms with van der Waals surface area (Å²) in [5, 5.41) is 32.5. The van der Waals surface area contributed by atoms with Crippen molar-refractivity contribution in [3.63, 3.8) is 0 Å². The van der Waals surface area contributed by atoms with E-state index in [0.717, 1.165) is 43.9 Å². The zero-order valence-electron chi connectivity index (χ0n) is 32.8. The number of alkyl halides is 3. The van der Waals surface area contributed by atoms with Crippen LogP contribution in [-0.2, 0) is 10.1 Å². The molecule has 4 aromatic rings. The van der Waals surface area contributed by atoms with Gasteiger partial charge in [0.15, 0.2) is 0 Å². The molecular formula is C39H47F5N6O6S. The van der Waals surface area contributed by atoms with Gasteiger partial charge in [0.1, 0.15) is 35.3 Å². The topological polar surface area (TPSA) is 158 Å². The van der Waals surface area contributed by atoms with Crippen LogP contribution in [-0.4, -0.2) is 73.8 Å². The van der Waals surface area contributed by atoms with Gasteiger partial charge >= 0.3 is 15.6 Å². The number of hydrogen-bond donors (Lipinski definition) is 3. The number of aromatic nitrogens is 4. The Morgan fingerprint density at radius 2 is 1.04 bits per heavy atom. The van der Waals surface area contributed by atoms with Gasteiger partial charge in [-0.15, -0.1) is 20.4 Å². The molecule has 57 heavy (non-hydrogen) atoms. The number of rotatable bonds is 8. The molecule has 2 aromatic heterocycles. The van der Waals surface area contributed by atoms with Crippen molar-refractivity contribution in [3.8, 4) is 45.8 Å². The van der Waals surface area contributed by atoms with E-state index in [2.05, 4.69) is 90.6 Å². The molecule has 0 atom stereocenters. The van der Waals surface area contributed by atoms with Gasteiger partial charge in [-0.05, 0) is 91.8 Å². The molecule has 2 aliphatic heterocycles. The van der Waals surface area contributed by atoms with Crippen molar-refractivity contribution >= 4 is 10.1 Å². The molecule has 12 nitrogen and oxygen atoms in total. The maximum Gasteiger partial charge on any atom is 0.534 e. The van der Waals surface area contributed by atoms with E-state index in [0.29, 0.717) is 23.2 Å². The number of nitrogens with zero attached hydrogens (tertiary/aromatic N) is 4. The molecule has 0 bridgehead atoms. The molecule has 6 rings (SSSR count). The number of ether oxygens (including phenoxy) is 2. The van der Waals surface area contributed by atoms with Gasteiger partial charge in [-0.3, -0.25) is 0 Å². The third-order valence-corrected chi connectivity index (χ3v) is 10.1. The standard InChI is InChI=1S/C20H23F4N3O4S.C19H24FN3O2/c1-18(2)10-13(11-19(3,4)27-18)30-17-8-7-16(25-26-17)14-6-5-12(9-15(14)21)31-32(28,29)20(22,23)24;1-18(2)10-13(11-19(3,4)23-18)25-17-8-7-16(21-22-17)14-6-5-12(24)9-15(14)20/h5-9,13,27H,10-11H2,1-4H3;5-9,13,23-24H,10-11H2,1-4H3. The van der Waals surface area contributed by atoms with Crippen LogP contribution >= 0.6 is 0 Å². The fraction of sp³-hybridized carbons (Fsp3) is 0.487. The quantitative estimate of drug-likeness (QED) is 0.0899. The van der Waals surface area contributed by atoms with E-state index in [1.807, 2.05) is 0 Å². The maximum absolute atomic E-state index is 14.4. The first-order valence-corrected chi connectivity index (χ1v) is 19.5. The highest BCUT2D eigenvalue weighted by atomic mass is 32.2. The minimum atomic E-state index is -5.90. The Hall–Kier alpha value is -4.68. The summed E-state index contributed by atoms with van der Waals surface area (Å²) >= 11 is 0. The average molecular weight is 823 g/mol. The van der Waals surface area contributed by atoms with Crippen LogP contribution in [0.2, 0.25) is 0 Å². The van der Waals surface area contributed by atoms with Crippen LogP contribution in [0.3, 0.4) is 0 Å². The van der Waals surface area contributed by atoms with Gasteiger partial charge in [0.05, 0.1) is 11.4 Å². The van der Waals surface area contributed by atoms with E-state index in [-0.39, 0.29) is 57.3 Å². The number of nitrogens with one attached hydrogen (secondary N) is 2. The Kier molecular flexibility index (Phi) is 12.1. The molecule has 2 fully saturated rings. The van der Waals surface area contributed by atoms with Crippen molar-refractivity contribution in [1.29, 1.82) is 0 Å². The summed E-state index contributed by atoms with van der Waals surface area (Å²) in [5.41, 5.74) is -5.24. The predicted molar refractivity (Wildman–Crippen MR) is 202 cm³/mol.